The number of morpholine rings is 1. The summed E-state index contributed by atoms with van der Waals surface area (Å²) in [7, 11) is 0. The fourth-order valence-corrected chi connectivity index (χ4v) is 2.90. The molecule has 18 heavy (non-hydrogen) atoms. The molecule has 3 rings (SSSR count). The summed E-state index contributed by atoms with van der Waals surface area (Å²) >= 11 is 0. The molecule has 2 heterocycles. The molecule has 1 aromatic carbocycles. The lowest BCUT2D eigenvalue weighted by Crippen LogP contribution is -2.35. The van der Waals surface area contributed by atoms with Gasteiger partial charge in [0.15, 0.2) is 0 Å². The van der Waals surface area contributed by atoms with Crippen molar-refractivity contribution in [2.75, 3.05) is 39.4 Å². The van der Waals surface area contributed by atoms with Crippen molar-refractivity contribution in [3.8, 4) is 0 Å². The molecule has 3 heteroatoms. The van der Waals surface area contributed by atoms with Crippen LogP contribution in [0.2, 0.25) is 0 Å². The Balaban J connectivity index is 1.66. The summed E-state index contributed by atoms with van der Waals surface area (Å²) < 4.78 is 5.39. The molecule has 0 aliphatic carbocycles. The molecule has 1 atom stereocenters. The van der Waals surface area contributed by atoms with Crippen LogP contribution in [0.15, 0.2) is 24.3 Å². The lowest BCUT2D eigenvalue weighted by molar-refractivity contribution is 0.0342. The van der Waals surface area contributed by atoms with E-state index in [4.69, 9.17) is 4.74 Å². The second-order valence-corrected chi connectivity index (χ2v) is 5.32. The van der Waals surface area contributed by atoms with Crippen LogP contribution in [-0.4, -0.2) is 44.3 Å². The number of nitrogens with one attached hydrogen (secondary N) is 1. The summed E-state index contributed by atoms with van der Waals surface area (Å²) in [5.41, 5.74) is 2.95. The van der Waals surface area contributed by atoms with E-state index in [1.54, 1.807) is 0 Å². The van der Waals surface area contributed by atoms with Crippen LogP contribution in [-0.2, 0) is 11.3 Å². The fraction of sp³-hybridized carbons (Fsp3) is 0.600. The van der Waals surface area contributed by atoms with Crippen molar-refractivity contribution in [3.63, 3.8) is 0 Å². The molecule has 0 aromatic heterocycles. The normalized spacial score (nSPS) is 25.4. The average Bonchev–Trinajstić information content (AvgIpc) is 2.94. The molecule has 2 fully saturated rings. The molecular formula is C15H22N2O. The SMILES string of the molecule is c1cc(CN2CCOCC2)cc(C2CCNC2)c1. The van der Waals surface area contributed by atoms with Gasteiger partial charge in [-0.3, -0.25) is 4.90 Å². The van der Waals surface area contributed by atoms with Crippen molar-refractivity contribution in [3.05, 3.63) is 35.4 Å². The van der Waals surface area contributed by atoms with Gasteiger partial charge in [0.25, 0.3) is 0 Å². The first kappa shape index (κ1) is 12.2. The number of hydrogen-bond donors (Lipinski definition) is 1. The van der Waals surface area contributed by atoms with Crippen LogP contribution in [0.1, 0.15) is 23.5 Å². The Morgan fingerprint density at radius 2 is 2.17 bits per heavy atom. The van der Waals surface area contributed by atoms with Gasteiger partial charge in [0.2, 0.25) is 0 Å². The number of rotatable bonds is 3. The quantitative estimate of drug-likeness (QED) is 0.876. The predicted octanol–water partition coefficient (Wildman–Crippen LogP) is 1.60. The zero-order chi connectivity index (χ0) is 12.2. The van der Waals surface area contributed by atoms with Gasteiger partial charge >= 0.3 is 0 Å². The molecule has 2 saturated heterocycles. The molecule has 0 bridgehead atoms. The van der Waals surface area contributed by atoms with E-state index >= 15 is 0 Å². The first-order chi connectivity index (χ1) is 8.92. The highest BCUT2D eigenvalue weighted by atomic mass is 16.5. The minimum Gasteiger partial charge on any atom is -0.379 e. The van der Waals surface area contributed by atoms with Gasteiger partial charge in [0.05, 0.1) is 13.2 Å². The van der Waals surface area contributed by atoms with E-state index in [1.165, 1.54) is 24.1 Å². The Hall–Kier alpha value is -0.900. The van der Waals surface area contributed by atoms with E-state index < -0.39 is 0 Å². The van der Waals surface area contributed by atoms with E-state index in [9.17, 15) is 0 Å². The van der Waals surface area contributed by atoms with Crippen LogP contribution >= 0.6 is 0 Å². The first-order valence-corrected chi connectivity index (χ1v) is 7.01. The highest BCUT2D eigenvalue weighted by Gasteiger charge is 2.17. The third kappa shape index (κ3) is 2.91. The molecule has 2 aliphatic rings. The van der Waals surface area contributed by atoms with E-state index in [0.717, 1.165) is 45.3 Å². The van der Waals surface area contributed by atoms with Gasteiger partial charge in [-0.1, -0.05) is 24.3 Å². The molecule has 1 unspecified atom stereocenters. The molecule has 0 spiro atoms. The van der Waals surface area contributed by atoms with Crippen molar-refractivity contribution < 1.29 is 4.74 Å². The highest BCUT2D eigenvalue weighted by Crippen LogP contribution is 2.23. The van der Waals surface area contributed by atoms with Crippen molar-refractivity contribution in [1.29, 1.82) is 0 Å². The van der Waals surface area contributed by atoms with E-state index in [1.807, 2.05) is 0 Å². The molecule has 1 N–H and O–H groups in total. The van der Waals surface area contributed by atoms with Crippen LogP contribution in [0, 0.1) is 0 Å². The van der Waals surface area contributed by atoms with Gasteiger partial charge in [-0.15, -0.1) is 0 Å². The largest absolute Gasteiger partial charge is 0.379 e. The summed E-state index contributed by atoms with van der Waals surface area (Å²) in [6.07, 6.45) is 1.28. The van der Waals surface area contributed by atoms with Crippen molar-refractivity contribution >= 4 is 0 Å². The summed E-state index contributed by atoms with van der Waals surface area (Å²) in [4.78, 5) is 2.48. The Labute approximate surface area is 109 Å². The summed E-state index contributed by atoms with van der Waals surface area (Å²) in [6, 6.07) is 9.14. The van der Waals surface area contributed by atoms with Gasteiger partial charge in [-0.25, -0.2) is 0 Å². The topological polar surface area (TPSA) is 24.5 Å². The summed E-state index contributed by atoms with van der Waals surface area (Å²) in [5, 5.41) is 3.44. The van der Waals surface area contributed by atoms with Gasteiger partial charge < -0.3 is 10.1 Å². The molecular weight excluding hydrogens is 224 g/mol. The third-order valence-electron chi connectivity index (χ3n) is 3.99. The maximum absolute atomic E-state index is 5.39. The van der Waals surface area contributed by atoms with E-state index in [2.05, 4.69) is 34.5 Å². The predicted molar refractivity (Wildman–Crippen MR) is 72.8 cm³/mol. The van der Waals surface area contributed by atoms with Crippen LogP contribution in [0.3, 0.4) is 0 Å². The van der Waals surface area contributed by atoms with E-state index in [-0.39, 0.29) is 0 Å². The number of nitrogens with zero attached hydrogens (tertiary/aromatic N) is 1. The number of hydrogen-bond acceptors (Lipinski definition) is 3. The lowest BCUT2D eigenvalue weighted by Gasteiger charge is -2.26. The molecule has 3 nitrogen and oxygen atoms in total. The van der Waals surface area contributed by atoms with Gasteiger partial charge in [0, 0.05) is 26.2 Å². The van der Waals surface area contributed by atoms with Crippen molar-refractivity contribution in [1.82, 2.24) is 10.2 Å². The molecule has 0 saturated carbocycles. The zero-order valence-corrected chi connectivity index (χ0v) is 10.9. The Kier molecular flexibility index (Phi) is 3.93. The minimum atomic E-state index is 0.717. The van der Waals surface area contributed by atoms with Gasteiger partial charge in [-0.05, 0) is 30.0 Å². The third-order valence-corrected chi connectivity index (χ3v) is 3.99. The lowest BCUT2D eigenvalue weighted by atomic mass is 9.96. The Morgan fingerprint density at radius 3 is 2.94 bits per heavy atom. The van der Waals surface area contributed by atoms with Crippen LogP contribution in [0.25, 0.3) is 0 Å². The van der Waals surface area contributed by atoms with Crippen LogP contribution in [0.4, 0.5) is 0 Å². The van der Waals surface area contributed by atoms with Gasteiger partial charge in [0.1, 0.15) is 0 Å². The second-order valence-electron chi connectivity index (χ2n) is 5.32. The highest BCUT2D eigenvalue weighted by molar-refractivity contribution is 5.27. The molecule has 98 valence electrons. The van der Waals surface area contributed by atoms with E-state index in [0.29, 0.717) is 0 Å². The van der Waals surface area contributed by atoms with Crippen molar-refractivity contribution in [2.45, 2.75) is 18.9 Å². The second kappa shape index (κ2) is 5.83. The summed E-state index contributed by atoms with van der Waals surface area (Å²) in [6.45, 7) is 7.26. The monoisotopic (exact) mass is 246 g/mol. The van der Waals surface area contributed by atoms with Crippen molar-refractivity contribution in [2.24, 2.45) is 0 Å². The minimum absolute atomic E-state index is 0.717. The number of benzene rings is 1. The maximum Gasteiger partial charge on any atom is 0.0594 e. The maximum atomic E-state index is 5.39. The molecule has 0 radical (unpaired) electrons. The molecule has 1 aromatic rings. The van der Waals surface area contributed by atoms with Gasteiger partial charge in [-0.2, -0.15) is 0 Å². The zero-order valence-electron chi connectivity index (χ0n) is 10.9. The van der Waals surface area contributed by atoms with Crippen LogP contribution in [0.5, 0.6) is 0 Å². The smallest absolute Gasteiger partial charge is 0.0594 e. The number of ether oxygens (including phenoxy) is 1. The standard InChI is InChI=1S/C15H22N2O/c1-2-13(12-17-6-8-18-9-7-17)10-14(3-1)15-4-5-16-11-15/h1-3,10,15-16H,4-9,11-12H2. The average molecular weight is 246 g/mol. The fourth-order valence-electron chi connectivity index (χ4n) is 2.90. The first-order valence-electron chi connectivity index (χ1n) is 7.01. The molecule has 0 amide bonds. The van der Waals surface area contributed by atoms with Crippen LogP contribution < -0.4 is 5.32 Å². The Morgan fingerprint density at radius 1 is 1.28 bits per heavy atom. The summed E-state index contributed by atoms with van der Waals surface area (Å²) in [5.74, 6) is 0.717. The molecule has 2 aliphatic heterocycles. The Bertz CT molecular complexity index is 382.